The van der Waals surface area contributed by atoms with Crippen molar-refractivity contribution >= 4 is 16.7 Å². The molecule has 1 aliphatic rings. The number of benzene rings is 1. The maximum atomic E-state index is 12.0. The van der Waals surface area contributed by atoms with Crippen LogP contribution in [-0.4, -0.2) is 10.8 Å². The van der Waals surface area contributed by atoms with Crippen molar-refractivity contribution in [3.05, 3.63) is 41.1 Å². The van der Waals surface area contributed by atoms with Crippen LogP contribution in [-0.2, 0) is 6.42 Å². The fourth-order valence-corrected chi connectivity index (χ4v) is 2.66. The maximum absolute atomic E-state index is 12.0. The summed E-state index contributed by atoms with van der Waals surface area (Å²) < 4.78 is 0. The second-order valence-corrected chi connectivity index (χ2v) is 4.71. The van der Waals surface area contributed by atoms with E-state index in [9.17, 15) is 4.79 Å². The van der Waals surface area contributed by atoms with Gasteiger partial charge in [0.2, 0.25) is 0 Å². The van der Waals surface area contributed by atoms with Gasteiger partial charge in [-0.3, -0.25) is 4.79 Å². The van der Waals surface area contributed by atoms with Crippen LogP contribution in [0.4, 0.5) is 0 Å². The highest BCUT2D eigenvalue weighted by molar-refractivity contribution is 5.99. The Hall–Kier alpha value is -1.70. The molecule has 0 spiro atoms. The number of ketones is 1. The van der Waals surface area contributed by atoms with Gasteiger partial charge in [0.15, 0.2) is 5.78 Å². The molecule has 2 aromatic rings. The van der Waals surface area contributed by atoms with Crippen LogP contribution in [0.1, 0.15) is 40.9 Å². The number of para-hydroxylation sites is 1. The van der Waals surface area contributed by atoms with E-state index in [1.807, 2.05) is 18.2 Å². The Labute approximate surface area is 101 Å². The van der Waals surface area contributed by atoms with Crippen molar-refractivity contribution < 1.29 is 4.79 Å². The second-order valence-electron chi connectivity index (χ2n) is 4.71. The highest BCUT2D eigenvalue weighted by Gasteiger charge is 2.20. The third-order valence-corrected chi connectivity index (χ3v) is 3.62. The standard InChI is InChI=1S/C15H15NO/c1-10-11-6-2-4-8-13(11)16-15-12(10)7-3-5-9-14(15)17/h2,4,6,8H,3,5,7,9H2,1H3. The van der Waals surface area contributed by atoms with E-state index in [2.05, 4.69) is 18.0 Å². The number of aromatic nitrogens is 1. The van der Waals surface area contributed by atoms with E-state index in [4.69, 9.17) is 0 Å². The van der Waals surface area contributed by atoms with Crippen molar-refractivity contribution in [3.63, 3.8) is 0 Å². The van der Waals surface area contributed by atoms with Crippen LogP contribution in [0.2, 0.25) is 0 Å². The van der Waals surface area contributed by atoms with Crippen molar-refractivity contribution in [1.29, 1.82) is 0 Å². The second kappa shape index (κ2) is 3.95. The molecule has 3 rings (SSSR count). The molecule has 1 aromatic carbocycles. The average Bonchev–Trinajstić information content (AvgIpc) is 2.53. The summed E-state index contributed by atoms with van der Waals surface area (Å²) in [6, 6.07) is 8.08. The summed E-state index contributed by atoms with van der Waals surface area (Å²) in [4.78, 5) is 16.6. The molecule has 0 unspecified atom stereocenters. The van der Waals surface area contributed by atoms with Crippen LogP contribution in [0.3, 0.4) is 0 Å². The lowest BCUT2D eigenvalue weighted by molar-refractivity contribution is 0.0977. The van der Waals surface area contributed by atoms with Crippen molar-refractivity contribution in [3.8, 4) is 0 Å². The van der Waals surface area contributed by atoms with Gasteiger partial charge in [-0.05, 0) is 43.4 Å². The zero-order valence-electron chi connectivity index (χ0n) is 9.99. The Balaban J connectivity index is 2.35. The molecule has 17 heavy (non-hydrogen) atoms. The van der Waals surface area contributed by atoms with Crippen LogP contribution in [0.25, 0.3) is 10.9 Å². The molecule has 0 amide bonds. The largest absolute Gasteiger partial charge is 0.292 e. The molecule has 0 saturated heterocycles. The molecule has 1 aromatic heterocycles. The molecular weight excluding hydrogens is 210 g/mol. The summed E-state index contributed by atoms with van der Waals surface area (Å²) in [5.41, 5.74) is 4.07. The van der Waals surface area contributed by atoms with Crippen molar-refractivity contribution in [2.75, 3.05) is 0 Å². The van der Waals surface area contributed by atoms with E-state index in [0.29, 0.717) is 6.42 Å². The zero-order chi connectivity index (χ0) is 11.8. The van der Waals surface area contributed by atoms with Gasteiger partial charge >= 0.3 is 0 Å². The predicted octanol–water partition coefficient (Wildman–Crippen LogP) is 3.45. The summed E-state index contributed by atoms with van der Waals surface area (Å²) in [7, 11) is 0. The molecule has 0 fully saturated rings. The van der Waals surface area contributed by atoms with Gasteiger partial charge in [0.25, 0.3) is 0 Å². The third-order valence-electron chi connectivity index (χ3n) is 3.62. The molecule has 2 nitrogen and oxygen atoms in total. The first-order valence-electron chi connectivity index (χ1n) is 6.19. The lowest BCUT2D eigenvalue weighted by Gasteiger charge is -2.11. The molecule has 0 N–H and O–H groups in total. The van der Waals surface area contributed by atoms with Gasteiger partial charge in [0.1, 0.15) is 5.69 Å². The van der Waals surface area contributed by atoms with Gasteiger partial charge in [0, 0.05) is 11.8 Å². The summed E-state index contributed by atoms with van der Waals surface area (Å²) >= 11 is 0. The first-order chi connectivity index (χ1) is 8.27. The first kappa shape index (κ1) is 10.5. The molecule has 0 bridgehead atoms. The van der Waals surface area contributed by atoms with Gasteiger partial charge in [-0.2, -0.15) is 0 Å². The molecule has 0 atom stereocenters. The number of aryl methyl sites for hydroxylation is 1. The van der Waals surface area contributed by atoms with Gasteiger partial charge in [-0.1, -0.05) is 18.2 Å². The predicted molar refractivity (Wildman–Crippen MR) is 68.4 cm³/mol. The van der Waals surface area contributed by atoms with E-state index >= 15 is 0 Å². The van der Waals surface area contributed by atoms with Crippen molar-refractivity contribution in [2.45, 2.75) is 32.6 Å². The Bertz CT molecular complexity index is 601. The molecule has 0 saturated carbocycles. The minimum atomic E-state index is 0.214. The van der Waals surface area contributed by atoms with Gasteiger partial charge < -0.3 is 0 Å². The van der Waals surface area contributed by atoms with E-state index in [1.54, 1.807) is 0 Å². The SMILES string of the molecule is Cc1c2c(nc3ccccc13)C(=O)CCCC2. The molecule has 0 radical (unpaired) electrons. The highest BCUT2D eigenvalue weighted by atomic mass is 16.1. The number of carbonyl (C=O) groups is 1. The molecule has 1 aliphatic carbocycles. The number of rotatable bonds is 0. The molecule has 1 heterocycles. The highest BCUT2D eigenvalue weighted by Crippen LogP contribution is 2.27. The minimum Gasteiger partial charge on any atom is -0.292 e. The number of hydrogen-bond acceptors (Lipinski definition) is 2. The van der Waals surface area contributed by atoms with Gasteiger partial charge in [-0.15, -0.1) is 0 Å². The van der Waals surface area contributed by atoms with Crippen LogP contribution in [0.15, 0.2) is 24.3 Å². The smallest absolute Gasteiger partial charge is 0.181 e. The number of carbonyl (C=O) groups excluding carboxylic acids is 1. The maximum Gasteiger partial charge on any atom is 0.181 e. The summed E-state index contributed by atoms with van der Waals surface area (Å²) in [5.74, 6) is 0.214. The third kappa shape index (κ3) is 1.64. The summed E-state index contributed by atoms with van der Waals surface area (Å²) in [5, 5.41) is 1.18. The number of pyridine rings is 1. The number of nitrogens with zero attached hydrogens (tertiary/aromatic N) is 1. The number of Topliss-reactive ketones (excluding diaryl/α,β-unsaturated/α-hetero) is 1. The van der Waals surface area contributed by atoms with Gasteiger partial charge in [-0.25, -0.2) is 4.98 Å². The Kier molecular flexibility index (Phi) is 2.43. The number of hydrogen-bond donors (Lipinski definition) is 0. The van der Waals surface area contributed by atoms with E-state index in [-0.39, 0.29) is 5.78 Å². The lowest BCUT2D eigenvalue weighted by atomic mass is 9.98. The average molecular weight is 225 g/mol. The van der Waals surface area contributed by atoms with Crippen molar-refractivity contribution in [2.24, 2.45) is 0 Å². The van der Waals surface area contributed by atoms with Crippen LogP contribution < -0.4 is 0 Å². The first-order valence-corrected chi connectivity index (χ1v) is 6.19. The van der Waals surface area contributed by atoms with E-state index < -0.39 is 0 Å². The topological polar surface area (TPSA) is 30.0 Å². The lowest BCUT2D eigenvalue weighted by Crippen LogP contribution is -2.06. The number of fused-ring (bicyclic) bond motifs is 2. The molecule has 86 valence electrons. The monoisotopic (exact) mass is 225 g/mol. The molecular formula is C15H15NO. The van der Waals surface area contributed by atoms with Crippen LogP contribution in [0.5, 0.6) is 0 Å². The zero-order valence-corrected chi connectivity index (χ0v) is 9.99. The Morgan fingerprint density at radius 1 is 1.12 bits per heavy atom. The quantitative estimate of drug-likeness (QED) is 0.643. The van der Waals surface area contributed by atoms with Crippen LogP contribution in [0, 0.1) is 6.92 Å². The molecule has 0 aliphatic heterocycles. The van der Waals surface area contributed by atoms with Crippen LogP contribution >= 0.6 is 0 Å². The Morgan fingerprint density at radius 3 is 2.76 bits per heavy atom. The van der Waals surface area contributed by atoms with Crippen molar-refractivity contribution in [1.82, 2.24) is 4.98 Å². The minimum absolute atomic E-state index is 0.214. The van der Waals surface area contributed by atoms with E-state index in [1.165, 1.54) is 16.5 Å². The normalized spacial score (nSPS) is 15.7. The fraction of sp³-hybridized carbons (Fsp3) is 0.333. The fourth-order valence-electron chi connectivity index (χ4n) is 2.66. The Morgan fingerprint density at radius 2 is 1.88 bits per heavy atom. The van der Waals surface area contributed by atoms with Gasteiger partial charge in [0.05, 0.1) is 5.52 Å². The van der Waals surface area contributed by atoms with E-state index in [0.717, 1.165) is 30.5 Å². The molecule has 2 heteroatoms. The summed E-state index contributed by atoms with van der Waals surface area (Å²) in [6.07, 6.45) is 3.73. The summed E-state index contributed by atoms with van der Waals surface area (Å²) in [6.45, 7) is 2.11.